The Morgan fingerprint density at radius 1 is 1.14 bits per heavy atom. The number of nitriles is 1. The zero-order valence-corrected chi connectivity index (χ0v) is 19.1. The number of hydrogen-bond acceptors (Lipinski definition) is 8. The molecular weight excluding hydrogens is 453 g/mol. The van der Waals surface area contributed by atoms with Crippen molar-refractivity contribution in [3.63, 3.8) is 0 Å². The first kappa shape index (κ1) is 21.9. The molecule has 180 valence electrons. The van der Waals surface area contributed by atoms with Crippen molar-refractivity contribution in [1.29, 1.82) is 5.26 Å². The first-order valence-electron chi connectivity index (χ1n) is 11.9. The summed E-state index contributed by atoms with van der Waals surface area (Å²) >= 11 is 0. The van der Waals surface area contributed by atoms with Gasteiger partial charge < -0.3 is 13.8 Å². The highest BCUT2D eigenvalue weighted by molar-refractivity contribution is 5.87. The Morgan fingerprint density at radius 2 is 1.94 bits per heavy atom. The molecule has 1 saturated heterocycles. The Morgan fingerprint density at radius 3 is 2.71 bits per heavy atom. The number of rotatable bonds is 5. The molecule has 10 nitrogen and oxygen atoms in total. The van der Waals surface area contributed by atoms with Crippen LogP contribution in [0.25, 0.3) is 28.1 Å². The summed E-state index contributed by atoms with van der Waals surface area (Å²) in [5, 5.41) is 13.8. The fraction of sp³-hybridized carbons (Fsp3) is 0.458. The van der Waals surface area contributed by atoms with Crippen LogP contribution < -0.4 is 5.56 Å². The van der Waals surface area contributed by atoms with Gasteiger partial charge in [0.15, 0.2) is 0 Å². The lowest BCUT2D eigenvalue weighted by Gasteiger charge is -2.27. The third-order valence-corrected chi connectivity index (χ3v) is 7.06. The van der Waals surface area contributed by atoms with Crippen LogP contribution in [0.4, 0.5) is 4.39 Å². The van der Waals surface area contributed by atoms with Gasteiger partial charge in [-0.1, -0.05) is 18.0 Å². The number of ether oxygens (including phenoxy) is 1. The molecule has 4 aromatic rings. The summed E-state index contributed by atoms with van der Waals surface area (Å²) in [4.78, 5) is 25.0. The Bertz CT molecular complexity index is 1500. The average Bonchev–Trinajstić information content (AvgIpc) is 3.65. The molecule has 1 aromatic carbocycles. The molecule has 0 atom stereocenters. The SMILES string of the molecule is N#Cc1c(F)ccc2c1n(CCN1CCOCC1)c(=O)c1c(-c3noc(C4CCCC4)n3)ncn12. The van der Waals surface area contributed by atoms with Crippen molar-refractivity contribution in [3.8, 4) is 17.6 Å². The van der Waals surface area contributed by atoms with Crippen molar-refractivity contribution in [2.24, 2.45) is 0 Å². The van der Waals surface area contributed by atoms with E-state index < -0.39 is 5.82 Å². The van der Waals surface area contributed by atoms with E-state index in [1.165, 1.54) is 17.0 Å². The number of imidazole rings is 1. The van der Waals surface area contributed by atoms with Gasteiger partial charge in [-0.05, 0) is 25.0 Å². The van der Waals surface area contributed by atoms with E-state index in [2.05, 4.69) is 20.0 Å². The minimum absolute atomic E-state index is 0.165. The van der Waals surface area contributed by atoms with Gasteiger partial charge in [0.2, 0.25) is 11.7 Å². The molecule has 0 spiro atoms. The van der Waals surface area contributed by atoms with E-state index in [0.29, 0.717) is 36.9 Å². The summed E-state index contributed by atoms with van der Waals surface area (Å²) in [5.41, 5.74) is 0.802. The van der Waals surface area contributed by atoms with E-state index in [1.54, 1.807) is 10.5 Å². The van der Waals surface area contributed by atoms with Crippen LogP contribution in [0.1, 0.15) is 43.1 Å². The van der Waals surface area contributed by atoms with E-state index in [9.17, 15) is 14.4 Å². The van der Waals surface area contributed by atoms with Gasteiger partial charge in [-0.25, -0.2) is 9.37 Å². The summed E-state index contributed by atoms with van der Waals surface area (Å²) in [6.07, 6.45) is 5.77. The van der Waals surface area contributed by atoms with Gasteiger partial charge in [-0.2, -0.15) is 10.2 Å². The van der Waals surface area contributed by atoms with Crippen molar-refractivity contribution < 1.29 is 13.7 Å². The second-order valence-electron chi connectivity index (χ2n) is 9.06. The highest BCUT2D eigenvalue weighted by Gasteiger charge is 2.27. The van der Waals surface area contributed by atoms with Crippen LogP contribution in [0.15, 0.2) is 27.8 Å². The topological polar surface area (TPSA) is 114 Å². The van der Waals surface area contributed by atoms with E-state index in [1.807, 2.05) is 6.07 Å². The molecule has 1 saturated carbocycles. The van der Waals surface area contributed by atoms with Crippen LogP contribution in [0.3, 0.4) is 0 Å². The first-order valence-corrected chi connectivity index (χ1v) is 11.9. The quantitative estimate of drug-likeness (QED) is 0.431. The summed E-state index contributed by atoms with van der Waals surface area (Å²) < 4.78 is 28.6. The van der Waals surface area contributed by atoms with Crippen LogP contribution >= 0.6 is 0 Å². The summed E-state index contributed by atoms with van der Waals surface area (Å²) in [5.74, 6) is 0.394. The highest BCUT2D eigenvalue weighted by atomic mass is 19.1. The van der Waals surface area contributed by atoms with Crippen molar-refractivity contribution in [3.05, 3.63) is 46.1 Å². The summed E-state index contributed by atoms with van der Waals surface area (Å²) in [7, 11) is 0. The number of aromatic nitrogens is 5. The molecule has 0 bridgehead atoms. The lowest BCUT2D eigenvalue weighted by Crippen LogP contribution is -2.39. The maximum Gasteiger partial charge on any atom is 0.277 e. The van der Waals surface area contributed by atoms with Gasteiger partial charge in [0.05, 0.1) is 24.2 Å². The van der Waals surface area contributed by atoms with E-state index in [-0.39, 0.29) is 40.4 Å². The Hall–Kier alpha value is -3.62. The zero-order valence-electron chi connectivity index (χ0n) is 19.1. The van der Waals surface area contributed by atoms with Crippen LogP contribution in [0.5, 0.6) is 0 Å². The van der Waals surface area contributed by atoms with Crippen molar-refractivity contribution in [2.75, 3.05) is 32.8 Å². The number of benzene rings is 1. The van der Waals surface area contributed by atoms with Crippen LogP contribution in [-0.2, 0) is 11.3 Å². The second kappa shape index (κ2) is 8.87. The molecule has 35 heavy (non-hydrogen) atoms. The van der Waals surface area contributed by atoms with E-state index >= 15 is 0 Å². The molecule has 11 heteroatoms. The normalized spacial score (nSPS) is 17.5. The molecule has 1 aliphatic carbocycles. The van der Waals surface area contributed by atoms with Crippen LogP contribution in [-0.4, -0.2) is 61.8 Å². The predicted octanol–water partition coefficient (Wildman–Crippen LogP) is 2.70. The Kier molecular flexibility index (Phi) is 5.54. The second-order valence-corrected chi connectivity index (χ2v) is 9.06. The third kappa shape index (κ3) is 3.69. The molecule has 0 unspecified atom stereocenters. The fourth-order valence-electron chi connectivity index (χ4n) is 5.21. The molecule has 0 N–H and O–H groups in total. The minimum Gasteiger partial charge on any atom is -0.379 e. The lowest BCUT2D eigenvalue weighted by molar-refractivity contribution is 0.0364. The van der Waals surface area contributed by atoms with Crippen molar-refractivity contribution >= 4 is 16.6 Å². The zero-order chi connectivity index (χ0) is 23.9. The van der Waals surface area contributed by atoms with Crippen molar-refractivity contribution in [2.45, 2.75) is 38.1 Å². The summed E-state index contributed by atoms with van der Waals surface area (Å²) in [6, 6.07) is 4.74. The Balaban J connectivity index is 1.52. The first-order chi connectivity index (χ1) is 17.2. The smallest absolute Gasteiger partial charge is 0.277 e. The van der Waals surface area contributed by atoms with Crippen molar-refractivity contribution in [1.82, 2.24) is 29.0 Å². The molecule has 1 aliphatic heterocycles. The maximum atomic E-state index is 14.6. The van der Waals surface area contributed by atoms with Crippen LogP contribution in [0.2, 0.25) is 0 Å². The molecule has 0 amide bonds. The van der Waals surface area contributed by atoms with Gasteiger partial charge in [-0.15, -0.1) is 0 Å². The lowest BCUT2D eigenvalue weighted by atomic mass is 10.1. The van der Waals surface area contributed by atoms with E-state index in [4.69, 9.17) is 9.26 Å². The number of nitrogens with zero attached hydrogens (tertiary/aromatic N) is 7. The van der Waals surface area contributed by atoms with Crippen LogP contribution in [0, 0.1) is 17.1 Å². The molecule has 0 radical (unpaired) electrons. The summed E-state index contributed by atoms with van der Waals surface area (Å²) in [6.45, 7) is 3.60. The molecular formula is C24H24FN7O3. The molecule has 4 heterocycles. The van der Waals surface area contributed by atoms with Gasteiger partial charge in [0.1, 0.15) is 35.0 Å². The molecule has 2 fully saturated rings. The number of hydrogen-bond donors (Lipinski definition) is 0. The standard InChI is InChI=1S/C24H24FN7O3/c25-17-5-6-18-20(16(17)13-26)31(8-7-30-9-11-34-12-10-30)24(33)21-19(27-14-32(18)21)22-28-23(35-29-22)15-3-1-2-4-15/h5-6,14-15H,1-4,7-12H2. The van der Waals surface area contributed by atoms with Gasteiger partial charge in [-0.3, -0.25) is 14.1 Å². The predicted molar refractivity (Wildman–Crippen MR) is 123 cm³/mol. The number of fused-ring (bicyclic) bond motifs is 3. The molecule has 3 aromatic heterocycles. The fourth-order valence-corrected chi connectivity index (χ4v) is 5.21. The third-order valence-electron chi connectivity index (χ3n) is 7.06. The molecule has 6 rings (SSSR count). The Labute approximate surface area is 199 Å². The average molecular weight is 478 g/mol. The van der Waals surface area contributed by atoms with Gasteiger partial charge >= 0.3 is 0 Å². The monoisotopic (exact) mass is 477 g/mol. The molecule has 2 aliphatic rings. The van der Waals surface area contributed by atoms with Gasteiger partial charge in [0.25, 0.3) is 5.56 Å². The van der Waals surface area contributed by atoms with Gasteiger partial charge in [0, 0.05) is 32.1 Å². The number of morpholine rings is 1. The highest BCUT2D eigenvalue weighted by Crippen LogP contribution is 2.34. The van der Waals surface area contributed by atoms with E-state index in [0.717, 1.165) is 38.8 Å². The largest absolute Gasteiger partial charge is 0.379 e. The maximum absolute atomic E-state index is 14.6. The number of halogens is 1. The minimum atomic E-state index is -0.668.